The zero-order chi connectivity index (χ0) is 20.6. The smallest absolute Gasteiger partial charge is 0.307 e. The minimum atomic E-state index is -0.661. The Kier molecular flexibility index (Phi) is 3.65. The Labute approximate surface area is 172 Å². The van der Waals surface area contributed by atoms with Crippen LogP contribution in [0.4, 0.5) is 5.69 Å². The van der Waals surface area contributed by atoms with Crippen molar-refractivity contribution in [3.05, 3.63) is 79.8 Å². The van der Waals surface area contributed by atoms with E-state index in [1.54, 1.807) is 0 Å². The highest BCUT2D eigenvalue weighted by atomic mass is 32.1. The predicted molar refractivity (Wildman–Crippen MR) is 114 cm³/mol. The molecule has 5 nitrogen and oxygen atoms in total. The van der Waals surface area contributed by atoms with Crippen molar-refractivity contribution in [3.63, 3.8) is 0 Å². The summed E-state index contributed by atoms with van der Waals surface area (Å²) in [5.41, 5.74) is 3.43. The van der Waals surface area contributed by atoms with Crippen molar-refractivity contribution in [2.45, 2.75) is 44.1 Å². The quantitative estimate of drug-likeness (QED) is 0.673. The van der Waals surface area contributed by atoms with Gasteiger partial charge in [0, 0.05) is 11.0 Å². The number of amides is 1. The maximum atomic E-state index is 13.6. The summed E-state index contributed by atoms with van der Waals surface area (Å²) >= 11 is 0.906. The number of thiazole rings is 1. The van der Waals surface area contributed by atoms with Gasteiger partial charge in [0.2, 0.25) is 11.8 Å². The van der Waals surface area contributed by atoms with Crippen LogP contribution in [0.15, 0.2) is 53.3 Å². The molecular formula is C23H22N2O3S. The van der Waals surface area contributed by atoms with Crippen LogP contribution in [0, 0.1) is 0 Å². The third-order valence-corrected chi connectivity index (χ3v) is 7.32. The third kappa shape index (κ3) is 2.38. The molecule has 2 aliphatic heterocycles. The number of aromatic amines is 1. The van der Waals surface area contributed by atoms with Crippen molar-refractivity contribution in [1.82, 2.24) is 4.98 Å². The monoisotopic (exact) mass is 406 g/mol. The molecule has 5 rings (SSSR count). The zero-order valence-corrected chi connectivity index (χ0v) is 17.3. The summed E-state index contributed by atoms with van der Waals surface area (Å²) in [6.07, 6.45) is 0.772. The van der Waals surface area contributed by atoms with Crippen LogP contribution in [0.5, 0.6) is 5.88 Å². The summed E-state index contributed by atoms with van der Waals surface area (Å²) in [5.74, 6) is -0.955. The standard InChI is InChI=1S/C23H22N2O3S/c1-22(2)12-23(3,13-8-5-4-6-9-13)15-11-7-10-14-16(20(27)25(22)17(14)15)18-19(26)24-21(28)29-18/h4-11,16,26H,12H2,1-3H3,(H,24,28). The van der Waals surface area contributed by atoms with Crippen molar-refractivity contribution in [3.8, 4) is 5.88 Å². The molecule has 0 saturated carbocycles. The molecule has 2 atom stereocenters. The molecular weight excluding hydrogens is 384 g/mol. The lowest BCUT2D eigenvalue weighted by atomic mass is 9.65. The van der Waals surface area contributed by atoms with Gasteiger partial charge in [-0.2, -0.15) is 0 Å². The first kappa shape index (κ1) is 18.2. The summed E-state index contributed by atoms with van der Waals surface area (Å²) in [6, 6.07) is 16.4. The number of hydrogen-bond donors (Lipinski definition) is 2. The molecule has 3 aromatic rings. The van der Waals surface area contributed by atoms with Crippen LogP contribution in [0.2, 0.25) is 0 Å². The number of para-hydroxylation sites is 1. The van der Waals surface area contributed by atoms with Gasteiger partial charge in [0.1, 0.15) is 5.92 Å². The topological polar surface area (TPSA) is 73.4 Å². The Bertz CT molecular complexity index is 1190. The molecule has 2 N–H and O–H groups in total. The fourth-order valence-electron chi connectivity index (χ4n) is 5.35. The average Bonchev–Trinajstić information content (AvgIpc) is 3.16. The van der Waals surface area contributed by atoms with Crippen molar-refractivity contribution in [2.24, 2.45) is 0 Å². The Hall–Kier alpha value is -2.86. The fraction of sp³-hybridized carbons (Fsp3) is 0.304. The summed E-state index contributed by atoms with van der Waals surface area (Å²) in [6.45, 7) is 6.42. The molecule has 1 aromatic heterocycles. The molecule has 0 saturated heterocycles. The molecule has 3 heterocycles. The van der Waals surface area contributed by atoms with E-state index in [-0.39, 0.29) is 22.1 Å². The second-order valence-electron chi connectivity index (χ2n) is 8.76. The van der Waals surface area contributed by atoms with E-state index >= 15 is 0 Å². The molecule has 0 fully saturated rings. The van der Waals surface area contributed by atoms with Crippen LogP contribution < -0.4 is 9.77 Å². The molecule has 2 unspecified atom stereocenters. The van der Waals surface area contributed by atoms with Gasteiger partial charge < -0.3 is 10.0 Å². The van der Waals surface area contributed by atoms with Gasteiger partial charge in [-0.05, 0) is 37.0 Å². The number of anilines is 1. The Morgan fingerprint density at radius 2 is 1.79 bits per heavy atom. The molecule has 0 aliphatic carbocycles. The SMILES string of the molecule is CC1(c2ccccc2)CC(C)(C)N2C(=O)C(c3sc(=O)[nH]c3O)c3cccc1c32. The minimum Gasteiger partial charge on any atom is -0.494 e. The maximum absolute atomic E-state index is 13.6. The highest BCUT2D eigenvalue weighted by molar-refractivity contribution is 7.09. The Balaban J connectivity index is 1.80. The fourth-order valence-corrected chi connectivity index (χ4v) is 6.19. The van der Waals surface area contributed by atoms with Crippen LogP contribution in [-0.4, -0.2) is 21.5 Å². The first-order valence-corrected chi connectivity index (χ1v) is 10.5. The average molecular weight is 407 g/mol. The summed E-state index contributed by atoms with van der Waals surface area (Å²) < 4.78 is 0. The van der Waals surface area contributed by atoms with Gasteiger partial charge in [-0.25, -0.2) is 0 Å². The number of aromatic hydroxyl groups is 1. The van der Waals surface area contributed by atoms with Gasteiger partial charge in [0.05, 0.1) is 10.6 Å². The number of rotatable bonds is 2. The highest BCUT2D eigenvalue weighted by Crippen LogP contribution is 2.57. The van der Waals surface area contributed by atoms with Crippen molar-refractivity contribution in [1.29, 1.82) is 0 Å². The molecule has 1 amide bonds. The second-order valence-corrected chi connectivity index (χ2v) is 9.78. The predicted octanol–water partition coefficient (Wildman–Crippen LogP) is 4.11. The van der Waals surface area contributed by atoms with Crippen LogP contribution >= 0.6 is 11.3 Å². The van der Waals surface area contributed by atoms with Crippen LogP contribution in [-0.2, 0) is 10.2 Å². The largest absolute Gasteiger partial charge is 0.494 e. The number of carbonyl (C=O) groups is 1. The van der Waals surface area contributed by atoms with E-state index in [1.165, 1.54) is 5.56 Å². The zero-order valence-electron chi connectivity index (χ0n) is 16.5. The van der Waals surface area contributed by atoms with Crippen LogP contribution in [0.3, 0.4) is 0 Å². The first-order chi connectivity index (χ1) is 13.7. The molecule has 2 aliphatic rings. The van der Waals surface area contributed by atoms with E-state index in [1.807, 2.05) is 35.2 Å². The number of carbonyl (C=O) groups excluding carboxylic acids is 1. The van der Waals surface area contributed by atoms with Gasteiger partial charge >= 0.3 is 4.87 Å². The van der Waals surface area contributed by atoms with E-state index < -0.39 is 11.5 Å². The van der Waals surface area contributed by atoms with Gasteiger partial charge in [-0.3, -0.25) is 14.6 Å². The van der Waals surface area contributed by atoms with E-state index in [4.69, 9.17) is 0 Å². The first-order valence-electron chi connectivity index (χ1n) is 9.69. The van der Waals surface area contributed by atoms with E-state index in [0.29, 0.717) is 4.88 Å². The van der Waals surface area contributed by atoms with Gasteiger partial charge in [-0.1, -0.05) is 66.8 Å². The Morgan fingerprint density at radius 3 is 2.45 bits per heavy atom. The number of nitrogens with one attached hydrogen (secondary N) is 1. The van der Waals surface area contributed by atoms with Crippen molar-refractivity contribution in [2.75, 3.05) is 4.90 Å². The number of benzene rings is 2. The normalized spacial score (nSPS) is 24.6. The third-order valence-electron chi connectivity index (χ3n) is 6.38. The summed E-state index contributed by atoms with van der Waals surface area (Å²) in [7, 11) is 0. The van der Waals surface area contributed by atoms with Crippen LogP contribution in [0.1, 0.15) is 54.7 Å². The van der Waals surface area contributed by atoms with Gasteiger partial charge in [0.25, 0.3) is 0 Å². The molecule has 148 valence electrons. The lowest BCUT2D eigenvalue weighted by Crippen LogP contribution is -2.54. The lowest BCUT2D eigenvalue weighted by Gasteiger charge is -2.50. The number of aromatic nitrogens is 1. The lowest BCUT2D eigenvalue weighted by molar-refractivity contribution is -0.119. The van der Waals surface area contributed by atoms with Gasteiger partial charge in [-0.15, -0.1) is 0 Å². The van der Waals surface area contributed by atoms with Crippen molar-refractivity contribution < 1.29 is 9.90 Å². The van der Waals surface area contributed by atoms with E-state index in [2.05, 4.69) is 44.0 Å². The van der Waals surface area contributed by atoms with Crippen LogP contribution in [0.25, 0.3) is 0 Å². The second kappa shape index (κ2) is 5.83. The van der Waals surface area contributed by atoms with Gasteiger partial charge in [0.15, 0.2) is 0 Å². The minimum absolute atomic E-state index is 0.0851. The molecule has 6 heteroatoms. The molecule has 0 radical (unpaired) electrons. The number of nitrogens with zero attached hydrogens (tertiary/aromatic N) is 1. The molecule has 0 spiro atoms. The molecule has 2 aromatic carbocycles. The highest BCUT2D eigenvalue weighted by Gasteiger charge is 2.54. The number of hydrogen-bond acceptors (Lipinski definition) is 4. The molecule has 0 bridgehead atoms. The van der Waals surface area contributed by atoms with Crippen molar-refractivity contribution >= 4 is 22.9 Å². The summed E-state index contributed by atoms with van der Waals surface area (Å²) in [4.78, 5) is 29.7. The number of H-pyrrole nitrogens is 1. The Morgan fingerprint density at radius 1 is 1.07 bits per heavy atom. The van der Waals surface area contributed by atoms with E-state index in [9.17, 15) is 14.7 Å². The molecule has 29 heavy (non-hydrogen) atoms. The maximum Gasteiger partial charge on any atom is 0.307 e. The summed E-state index contributed by atoms with van der Waals surface area (Å²) in [5, 5.41) is 10.3. The van der Waals surface area contributed by atoms with E-state index in [0.717, 1.165) is 34.6 Å².